The summed E-state index contributed by atoms with van der Waals surface area (Å²) in [4.78, 5) is 35.6. The van der Waals surface area contributed by atoms with Gasteiger partial charge in [0.1, 0.15) is 0 Å². The van der Waals surface area contributed by atoms with Gasteiger partial charge in [0.2, 0.25) is 0 Å². The molecule has 224 valence electrons. The smallest absolute Gasteiger partial charge is 0.0726 e. The minimum Gasteiger partial charge on any atom is -0.550 e. The fourth-order valence-corrected chi connectivity index (χ4v) is 1.15. The second-order valence-electron chi connectivity index (χ2n) is 6.39. The second-order valence-corrected chi connectivity index (χ2v) is 6.39. The number of carbonyl (C=O) groups excluding carboxylic acids is 4. The molecule has 0 aliphatic carbocycles. The molecule has 0 aromatic carbocycles. The molecule has 12 heteroatoms. The summed E-state index contributed by atoms with van der Waals surface area (Å²) in [6, 6.07) is 0. The first-order chi connectivity index (χ1) is 16.6. The number of aliphatic carboxylic acids is 4. The van der Waals surface area contributed by atoms with E-state index >= 15 is 0 Å². The SMILES string of the molecule is CC(=O)[O-].CC(=O)[O-].CC(=O)[O-].CC(=O)[O-].CC[NH2+]CC.CC[NH2+]CC.CC[NH2+]CC.CC[NH2+]CC. The van der Waals surface area contributed by atoms with Gasteiger partial charge in [-0.05, 0) is 83.1 Å². The Kier molecular flexibility index (Phi) is 106. The van der Waals surface area contributed by atoms with Gasteiger partial charge in [0.15, 0.2) is 0 Å². The van der Waals surface area contributed by atoms with Crippen LogP contribution in [0.25, 0.3) is 0 Å². The molecule has 12 nitrogen and oxygen atoms in total. The van der Waals surface area contributed by atoms with Crippen LogP contribution in [0, 0.1) is 0 Å². The summed E-state index contributed by atoms with van der Waals surface area (Å²) in [6.45, 7) is 30.9. The number of hydrogen-bond acceptors (Lipinski definition) is 8. The lowest BCUT2D eigenvalue weighted by molar-refractivity contribution is -0.648. The predicted molar refractivity (Wildman–Crippen MR) is 135 cm³/mol. The first-order valence-electron chi connectivity index (χ1n) is 12.6. The minimum atomic E-state index is -1.08. The summed E-state index contributed by atoms with van der Waals surface area (Å²) in [5.74, 6) is -4.33. The molecule has 8 N–H and O–H groups in total. The molecule has 0 saturated heterocycles. The number of hydrogen-bond donors (Lipinski definition) is 4. The monoisotopic (exact) mass is 532 g/mol. The molecule has 36 heavy (non-hydrogen) atoms. The number of carboxylic acid groups (broad SMARTS) is 4. The van der Waals surface area contributed by atoms with Crippen molar-refractivity contribution in [2.45, 2.75) is 83.1 Å². The third-order valence-corrected chi connectivity index (χ3v) is 2.31. The highest BCUT2D eigenvalue weighted by Crippen LogP contribution is 1.33. The standard InChI is InChI=1S/4C4H11N.4C2H4O2/c4*1-3-5-4-2;4*1-2(3)4/h4*5H,3-4H2,1-2H3;4*1H3,(H,3,4). The van der Waals surface area contributed by atoms with Crippen molar-refractivity contribution in [1.29, 1.82) is 0 Å². The molecule has 0 aliphatic heterocycles. The van der Waals surface area contributed by atoms with Gasteiger partial charge < -0.3 is 60.9 Å². The van der Waals surface area contributed by atoms with E-state index in [0.717, 1.165) is 27.7 Å². The molecule has 0 spiro atoms. The van der Waals surface area contributed by atoms with E-state index in [-0.39, 0.29) is 0 Å². The number of nitrogens with two attached hydrogens (primary N) is 4. The van der Waals surface area contributed by atoms with E-state index in [1.54, 1.807) is 0 Å². The van der Waals surface area contributed by atoms with Gasteiger partial charge in [-0.15, -0.1) is 0 Å². The fourth-order valence-electron chi connectivity index (χ4n) is 1.15. The van der Waals surface area contributed by atoms with Crippen LogP contribution in [0.5, 0.6) is 0 Å². The summed E-state index contributed by atoms with van der Waals surface area (Å²) in [5.41, 5.74) is 0. The molecule has 0 radical (unpaired) electrons. The highest BCUT2D eigenvalue weighted by Gasteiger charge is 1.68. The average molecular weight is 533 g/mol. The molecular weight excluding hydrogens is 472 g/mol. The highest BCUT2D eigenvalue weighted by molar-refractivity contribution is 5.61. The summed E-state index contributed by atoms with van der Waals surface area (Å²) < 4.78 is 0. The van der Waals surface area contributed by atoms with Crippen molar-refractivity contribution in [2.24, 2.45) is 0 Å². The molecule has 0 heterocycles. The Morgan fingerprint density at radius 1 is 0.361 bits per heavy atom. The fraction of sp³-hybridized carbons (Fsp3) is 0.833. The van der Waals surface area contributed by atoms with Gasteiger partial charge in [-0.1, -0.05) is 0 Å². The van der Waals surface area contributed by atoms with Crippen molar-refractivity contribution in [3.8, 4) is 0 Å². The van der Waals surface area contributed by atoms with Crippen LogP contribution in [-0.2, 0) is 19.2 Å². The normalized spacial score (nSPS) is 7.44. The van der Waals surface area contributed by atoms with E-state index < -0.39 is 23.9 Å². The van der Waals surface area contributed by atoms with E-state index in [9.17, 15) is 0 Å². The first-order valence-corrected chi connectivity index (χ1v) is 12.6. The Morgan fingerprint density at radius 2 is 0.417 bits per heavy atom. The van der Waals surface area contributed by atoms with E-state index in [1.807, 2.05) is 0 Å². The molecule has 0 rings (SSSR count). The maximum absolute atomic E-state index is 8.89. The summed E-state index contributed by atoms with van der Waals surface area (Å²) in [6.07, 6.45) is 0. The van der Waals surface area contributed by atoms with Gasteiger partial charge in [0, 0.05) is 23.9 Å². The van der Waals surface area contributed by atoms with Crippen LogP contribution in [0.2, 0.25) is 0 Å². The largest absolute Gasteiger partial charge is 0.550 e. The van der Waals surface area contributed by atoms with Crippen molar-refractivity contribution in [3.63, 3.8) is 0 Å². The van der Waals surface area contributed by atoms with Crippen LogP contribution in [0.4, 0.5) is 0 Å². The third kappa shape index (κ3) is 915. The molecule has 0 aliphatic rings. The number of quaternary nitrogens is 4. The van der Waals surface area contributed by atoms with E-state index in [0.29, 0.717) is 0 Å². The summed E-state index contributed by atoms with van der Waals surface area (Å²) in [5, 5.41) is 44.6. The zero-order valence-corrected chi connectivity index (χ0v) is 25.2. The lowest BCUT2D eigenvalue weighted by atomic mass is 10.7. The maximum atomic E-state index is 8.89. The van der Waals surface area contributed by atoms with Crippen LogP contribution in [0.15, 0.2) is 0 Å². The van der Waals surface area contributed by atoms with Crippen molar-refractivity contribution in [2.75, 3.05) is 52.4 Å². The third-order valence-electron chi connectivity index (χ3n) is 2.31. The lowest BCUT2D eigenvalue weighted by Gasteiger charge is -1.83. The van der Waals surface area contributed by atoms with Crippen LogP contribution in [-0.4, -0.2) is 76.2 Å². The van der Waals surface area contributed by atoms with Crippen LogP contribution < -0.4 is 41.7 Å². The Morgan fingerprint density at radius 3 is 0.417 bits per heavy atom. The Bertz CT molecular complexity index is 304. The highest BCUT2D eigenvalue weighted by atomic mass is 16.4. The van der Waals surface area contributed by atoms with Gasteiger partial charge >= 0.3 is 0 Å². The topological polar surface area (TPSA) is 227 Å². The number of carbonyl (C=O) groups is 4. The Balaban J connectivity index is -0.0000000416. The first kappa shape index (κ1) is 54.6. The van der Waals surface area contributed by atoms with Crippen LogP contribution in [0.1, 0.15) is 83.1 Å². The van der Waals surface area contributed by atoms with Gasteiger partial charge in [0.05, 0.1) is 52.4 Å². The van der Waals surface area contributed by atoms with E-state index in [4.69, 9.17) is 39.6 Å². The Hall–Kier alpha value is -2.28. The van der Waals surface area contributed by atoms with Crippen molar-refractivity contribution in [1.82, 2.24) is 0 Å². The van der Waals surface area contributed by atoms with E-state index in [1.165, 1.54) is 52.4 Å². The Labute approximate surface area is 220 Å². The van der Waals surface area contributed by atoms with Gasteiger partial charge in [0.25, 0.3) is 0 Å². The van der Waals surface area contributed by atoms with Gasteiger partial charge in [-0.3, -0.25) is 0 Å². The maximum Gasteiger partial charge on any atom is 0.0726 e. The molecule has 0 saturated carbocycles. The molecule has 0 unspecified atom stereocenters. The summed E-state index contributed by atoms with van der Waals surface area (Å²) >= 11 is 0. The van der Waals surface area contributed by atoms with Crippen LogP contribution >= 0.6 is 0 Å². The predicted octanol–water partition coefficient (Wildman–Crippen LogP) is -6.62. The number of carboxylic acids is 4. The zero-order valence-electron chi connectivity index (χ0n) is 25.2. The quantitative estimate of drug-likeness (QED) is 0.234. The number of rotatable bonds is 8. The van der Waals surface area contributed by atoms with E-state index in [2.05, 4.69) is 76.7 Å². The van der Waals surface area contributed by atoms with Crippen molar-refractivity contribution >= 4 is 23.9 Å². The molecule has 0 fully saturated rings. The second kappa shape index (κ2) is 69.8. The lowest BCUT2D eigenvalue weighted by Crippen LogP contribution is -2.82. The van der Waals surface area contributed by atoms with Gasteiger partial charge in [-0.25, -0.2) is 0 Å². The molecule has 0 bridgehead atoms. The molecule has 0 aromatic heterocycles. The minimum absolute atomic E-state index is 0.972. The van der Waals surface area contributed by atoms with Gasteiger partial charge in [-0.2, -0.15) is 0 Å². The molecule has 0 amide bonds. The average Bonchev–Trinajstić information content (AvgIpc) is 2.70. The van der Waals surface area contributed by atoms with Crippen LogP contribution in [0.3, 0.4) is 0 Å². The molecule has 0 atom stereocenters. The molecule has 0 aromatic rings. The summed E-state index contributed by atoms with van der Waals surface area (Å²) in [7, 11) is 0. The zero-order chi connectivity index (χ0) is 30.8. The molecular formula is C24H60N4O8. The van der Waals surface area contributed by atoms with Crippen molar-refractivity contribution < 1.29 is 60.9 Å². The van der Waals surface area contributed by atoms with Crippen molar-refractivity contribution in [3.05, 3.63) is 0 Å².